The van der Waals surface area contributed by atoms with E-state index in [-0.39, 0.29) is 5.92 Å². The molecule has 1 atom stereocenters. The van der Waals surface area contributed by atoms with Crippen molar-refractivity contribution in [1.29, 1.82) is 0 Å². The van der Waals surface area contributed by atoms with Gasteiger partial charge in [-0.25, -0.2) is 4.79 Å². The van der Waals surface area contributed by atoms with Crippen LogP contribution in [0.25, 0.3) is 22.7 Å². The molecule has 3 heterocycles. The minimum atomic E-state index is -0.887. The summed E-state index contributed by atoms with van der Waals surface area (Å²) in [6.07, 6.45) is 15.1. The molecule has 0 radical (unpaired) electrons. The van der Waals surface area contributed by atoms with Crippen molar-refractivity contribution in [3.05, 3.63) is 70.1 Å². The standard InChI is InChI=1S/C27H26N2O2/c1-16-14-28-26-20-8-5-9-21(27(30)31)25(20)24-13-19-12-18(17-6-3-2-4-7-17)10-11-23(19)29(24)15-22(16)26/h5,9-17H,2-4,6-8H2,1H3,(H,30,31). The maximum Gasteiger partial charge on any atom is 0.336 e. The second-order valence-corrected chi connectivity index (χ2v) is 9.23. The van der Waals surface area contributed by atoms with E-state index in [0.29, 0.717) is 17.9 Å². The minimum absolute atomic E-state index is 0.216. The zero-order chi connectivity index (χ0) is 21.1. The summed E-state index contributed by atoms with van der Waals surface area (Å²) >= 11 is 0. The number of hydrogen-bond acceptors (Lipinski definition) is 2. The quantitative estimate of drug-likeness (QED) is 0.630. The van der Waals surface area contributed by atoms with E-state index < -0.39 is 5.97 Å². The third-order valence-electron chi connectivity index (χ3n) is 7.35. The van der Waals surface area contributed by atoms with Crippen LogP contribution in [0.5, 0.6) is 0 Å². The van der Waals surface area contributed by atoms with Gasteiger partial charge in [0.05, 0.1) is 22.5 Å². The van der Waals surface area contributed by atoms with Crippen molar-refractivity contribution in [2.45, 2.75) is 51.4 Å². The highest BCUT2D eigenvalue weighted by Gasteiger charge is 2.32. The number of aliphatic carboxylic acids is 1. The summed E-state index contributed by atoms with van der Waals surface area (Å²) in [5, 5.41) is 11.2. The highest BCUT2D eigenvalue weighted by molar-refractivity contribution is 6.07. The van der Waals surface area contributed by atoms with Gasteiger partial charge in [-0.1, -0.05) is 44.4 Å². The van der Waals surface area contributed by atoms with Gasteiger partial charge in [-0.15, -0.1) is 0 Å². The van der Waals surface area contributed by atoms with Crippen molar-refractivity contribution >= 4 is 34.9 Å². The third-order valence-corrected chi connectivity index (χ3v) is 7.35. The van der Waals surface area contributed by atoms with Crippen LogP contribution in [0.3, 0.4) is 0 Å². The van der Waals surface area contributed by atoms with E-state index >= 15 is 0 Å². The average Bonchev–Trinajstić information content (AvgIpc) is 3.30. The predicted molar refractivity (Wildman–Crippen MR) is 125 cm³/mol. The van der Waals surface area contributed by atoms with Crippen LogP contribution in [0.2, 0.25) is 0 Å². The van der Waals surface area contributed by atoms with E-state index in [4.69, 9.17) is 4.99 Å². The maximum atomic E-state index is 12.2. The Balaban J connectivity index is 1.61. The molecule has 0 spiro atoms. The van der Waals surface area contributed by atoms with E-state index in [1.54, 1.807) is 6.08 Å². The first kappa shape index (κ1) is 18.6. The average molecular weight is 411 g/mol. The van der Waals surface area contributed by atoms with E-state index in [1.807, 2.05) is 12.3 Å². The summed E-state index contributed by atoms with van der Waals surface area (Å²) in [6.45, 7) is 2.15. The topological polar surface area (TPSA) is 54.6 Å². The Kier molecular flexibility index (Phi) is 4.17. The molecule has 1 aromatic carbocycles. The summed E-state index contributed by atoms with van der Waals surface area (Å²) in [6, 6.07) is 9.03. The zero-order valence-electron chi connectivity index (χ0n) is 17.8. The van der Waals surface area contributed by atoms with Gasteiger partial charge >= 0.3 is 5.97 Å². The Morgan fingerprint density at radius 1 is 1.16 bits per heavy atom. The monoisotopic (exact) mass is 410 g/mol. The van der Waals surface area contributed by atoms with Crippen molar-refractivity contribution in [2.75, 3.05) is 0 Å². The number of carboxylic acids is 1. The summed E-state index contributed by atoms with van der Waals surface area (Å²) < 4.78 is 2.20. The molecule has 1 N–H and O–H groups in total. The molecule has 1 aromatic heterocycles. The number of fused-ring (bicyclic) bond motifs is 6. The van der Waals surface area contributed by atoms with Crippen LogP contribution >= 0.6 is 0 Å². The number of rotatable bonds is 2. The normalized spacial score (nSPS) is 23.0. The highest BCUT2D eigenvalue weighted by atomic mass is 16.4. The molecule has 1 unspecified atom stereocenters. The molecule has 0 bridgehead atoms. The molecule has 2 aliphatic carbocycles. The number of aliphatic imine (C=N–C) groups is 1. The summed E-state index contributed by atoms with van der Waals surface area (Å²) in [4.78, 5) is 16.9. The van der Waals surface area contributed by atoms with Crippen LogP contribution in [0.4, 0.5) is 0 Å². The SMILES string of the molecule is CC1C=NC2=C3CC=CC(C(=O)O)=C3c3cc4cc(C5CCCCC5)ccc4n3C=C21. The number of aromatic nitrogens is 1. The molecule has 31 heavy (non-hydrogen) atoms. The lowest BCUT2D eigenvalue weighted by Gasteiger charge is -2.22. The van der Waals surface area contributed by atoms with Gasteiger partial charge in [0, 0.05) is 34.9 Å². The fraction of sp³-hybridized carbons (Fsp3) is 0.333. The number of benzene rings is 1. The molecule has 156 valence electrons. The lowest BCUT2D eigenvalue weighted by atomic mass is 9.84. The molecular weight excluding hydrogens is 384 g/mol. The fourth-order valence-electron chi connectivity index (χ4n) is 5.73. The van der Waals surface area contributed by atoms with E-state index in [1.165, 1.54) is 48.6 Å². The second kappa shape index (κ2) is 6.94. The first-order valence-corrected chi connectivity index (χ1v) is 11.4. The van der Waals surface area contributed by atoms with Gasteiger partial charge < -0.3 is 9.67 Å². The molecule has 4 heteroatoms. The Labute approximate surface area is 182 Å². The Morgan fingerprint density at radius 3 is 2.81 bits per heavy atom. The van der Waals surface area contributed by atoms with Gasteiger partial charge in [0.25, 0.3) is 0 Å². The molecule has 2 aliphatic heterocycles. The van der Waals surface area contributed by atoms with Crippen LogP contribution in [0.15, 0.2) is 63.8 Å². The molecule has 0 amide bonds. The number of carboxylic acid groups (broad SMARTS) is 1. The maximum absolute atomic E-state index is 12.2. The van der Waals surface area contributed by atoms with E-state index in [9.17, 15) is 9.90 Å². The van der Waals surface area contributed by atoms with E-state index in [2.05, 4.69) is 42.0 Å². The van der Waals surface area contributed by atoms with Gasteiger partial charge in [-0.3, -0.25) is 4.99 Å². The van der Waals surface area contributed by atoms with Crippen LogP contribution in [-0.4, -0.2) is 21.9 Å². The summed E-state index contributed by atoms with van der Waals surface area (Å²) in [5.41, 5.74) is 7.83. The van der Waals surface area contributed by atoms with Crippen LogP contribution < -0.4 is 0 Å². The Morgan fingerprint density at radius 2 is 2.00 bits per heavy atom. The Bertz CT molecular complexity index is 1280. The molecule has 0 saturated heterocycles. The van der Waals surface area contributed by atoms with Gasteiger partial charge in [0.2, 0.25) is 0 Å². The number of hydrogen-bond donors (Lipinski definition) is 1. The van der Waals surface area contributed by atoms with Crippen molar-refractivity contribution < 1.29 is 9.90 Å². The lowest BCUT2D eigenvalue weighted by Crippen LogP contribution is -2.09. The number of allylic oxidation sites excluding steroid dienone is 4. The smallest absolute Gasteiger partial charge is 0.336 e. The molecule has 6 rings (SSSR count). The van der Waals surface area contributed by atoms with Crippen molar-refractivity contribution in [1.82, 2.24) is 4.57 Å². The minimum Gasteiger partial charge on any atom is -0.478 e. The van der Waals surface area contributed by atoms with Crippen LogP contribution in [0.1, 0.15) is 62.6 Å². The van der Waals surface area contributed by atoms with Crippen LogP contribution in [0, 0.1) is 5.92 Å². The fourth-order valence-corrected chi connectivity index (χ4v) is 5.73. The zero-order valence-corrected chi connectivity index (χ0v) is 17.8. The first-order valence-electron chi connectivity index (χ1n) is 11.4. The van der Waals surface area contributed by atoms with Gasteiger partial charge in [-0.2, -0.15) is 0 Å². The molecular formula is C27H26N2O2. The van der Waals surface area contributed by atoms with Gasteiger partial charge in [0.15, 0.2) is 0 Å². The lowest BCUT2D eigenvalue weighted by molar-refractivity contribution is -0.132. The molecule has 4 nitrogen and oxygen atoms in total. The van der Waals surface area contributed by atoms with Crippen molar-refractivity contribution in [2.24, 2.45) is 10.9 Å². The van der Waals surface area contributed by atoms with Crippen LogP contribution in [-0.2, 0) is 4.79 Å². The predicted octanol–water partition coefficient (Wildman–Crippen LogP) is 6.32. The number of carbonyl (C=O) groups is 1. The summed E-state index contributed by atoms with van der Waals surface area (Å²) in [7, 11) is 0. The highest BCUT2D eigenvalue weighted by Crippen LogP contribution is 2.45. The molecule has 1 fully saturated rings. The molecule has 4 aliphatic rings. The third kappa shape index (κ3) is 2.81. The van der Waals surface area contributed by atoms with Gasteiger partial charge in [0.1, 0.15) is 0 Å². The van der Waals surface area contributed by atoms with E-state index in [0.717, 1.165) is 28.1 Å². The second-order valence-electron chi connectivity index (χ2n) is 9.23. The first-order chi connectivity index (χ1) is 15.1. The molecule has 2 aromatic rings. The van der Waals surface area contributed by atoms with Gasteiger partial charge in [-0.05, 0) is 54.5 Å². The number of nitrogens with zero attached hydrogens (tertiary/aromatic N) is 2. The van der Waals surface area contributed by atoms with Crippen molar-refractivity contribution in [3.63, 3.8) is 0 Å². The largest absolute Gasteiger partial charge is 0.478 e. The molecule has 1 saturated carbocycles. The van der Waals surface area contributed by atoms with Crippen molar-refractivity contribution in [3.8, 4) is 0 Å². The Hall–Kier alpha value is -3.14. The summed E-state index contributed by atoms with van der Waals surface area (Å²) in [5.74, 6) is -0.0250.